The Labute approximate surface area is 105 Å². The van der Waals surface area contributed by atoms with Crippen molar-refractivity contribution in [2.24, 2.45) is 17.8 Å². The molecule has 1 aliphatic rings. The first kappa shape index (κ1) is 14.0. The molecule has 17 heavy (non-hydrogen) atoms. The fourth-order valence-electron chi connectivity index (χ4n) is 2.67. The molecular weight excluding hydrogens is 212 g/mol. The van der Waals surface area contributed by atoms with E-state index in [2.05, 4.69) is 18.3 Å². The number of hydrogen-bond acceptors (Lipinski definition) is 2. The molecule has 1 amide bonds. The number of nitriles is 1. The molecule has 0 saturated heterocycles. The van der Waals surface area contributed by atoms with Crippen molar-refractivity contribution >= 4 is 5.91 Å². The Bertz CT molecular complexity index is 293. The SMILES string of the molecule is CCC1CCCCC1NC(=O)C(C#N)C(C)C. The van der Waals surface area contributed by atoms with Crippen LogP contribution in [0.25, 0.3) is 0 Å². The second kappa shape index (κ2) is 6.64. The fraction of sp³-hybridized carbons (Fsp3) is 0.857. The Morgan fingerprint density at radius 3 is 2.59 bits per heavy atom. The fourth-order valence-corrected chi connectivity index (χ4v) is 2.67. The van der Waals surface area contributed by atoms with Crippen LogP contribution in [0, 0.1) is 29.1 Å². The van der Waals surface area contributed by atoms with Crippen LogP contribution in [0.15, 0.2) is 0 Å². The largest absolute Gasteiger partial charge is 0.352 e. The topological polar surface area (TPSA) is 52.9 Å². The third-order valence-electron chi connectivity index (χ3n) is 3.85. The molecule has 1 N–H and O–H groups in total. The van der Waals surface area contributed by atoms with Gasteiger partial charge >= 0.3 is 0 Å². The van der Waals surface area contributed by atoms with Crippen molar-refractivity contribution in [1.82, 2.24) is 5.32 Å². The third-order valence-corrected chi connectivity index (χ3v) is 3.85. The molecule has 0 bridgehead atoms. The maximum Gasteiger partial charge on any atom is 0.237 e. The Balaban J connectivity index is 2.57. The summed E-state index contributed by atoms with van der Waals surface area (Å²) in [4.78, 5) is 12.0. The minimum absolute atomic E-state index is 0.0761. The zero-order chi connectivity index (χ0) is 12.8. The summed E-state index contributed by atoms with van der Waals surface area (Å²) in [5.74, 6) is 0.102. The minimum Gasteiger partial charge on any atom is -0.352 e. The lowest BCUT2D eigenvalue weighted by molar-refractivity contribution is -0.125. The molecule has 1 saturated carbocycles. The average molecular weight is 236 g/mol. The summed E-state index contributed by atoms with van der Waals surface area (Å²) in [6, 6.07) is 2.40. The molecule has 3 heteroatoms. The Morgan fingerprint density at radius 1 is 1.41 bits per heavy atom. The van der Waals surface area contributed by atoms with Gasteiger partial charge < -0.3 is 5.32 Å². The van der Waals surface area contributed by atoms with Crippen LogP contribution < -0.4 is 5.32 Å². The monoisotopic (exact) mass is 236 g/mol. The normalized spacial score (nSPS) is 26.3. The van der Waals surface area contributed by atoms with Crippen LogP contribution in [0.3, 0.4) is 0 Å². The van der Waals surface area contributed by atoms with E-state index >= 15 is 0 Å². The first-order valence-corrected chi connectivity index (χ1v) is 6.80. The van der Waals surface area contributed by atoms with E-state index in [0.29, 0.717) is 5.92 Å². The summed E-state index contributed by atoms with van der Waals surface area (Å²) in [5, 5.41) is 12.1. The molecule has 0 aromatic carbocycles. The summed E-state index contributed by atoms with van der Waals surface area (Å²) >= 11 is 0. The number of hydrogen-bond donors (Lipinski definition) is 1. The zero-order valence-electron chi connectivity index (χ0n) is 11.2. The van der Waals surface area contributed by atoms with Crippen molar-refractivity contribution in [2.45, 2.75) is 58.9 Å². The Kier molecular flexibility index (Phi) is 5.47. The second-order valence-electron chi connectivity index (χ2n) is 5.42. The van der Waals surface area contributed by atoms with Crippen LogP contribution in [0.1, 0.15) is 52.9 Å². The predicted molar refractivity (Wildman–Crippen MR) is 68.1 cm³/mol. The molecule has 0 spiro atoms. The van der Waals surface area contributed by atoms with Gasteiger partial charge in [-0.15, -0.1) is 0 Å². The molecule has 3 unspecified atom stereocenters. The maximum atomic E-state index is 12.0. The van der Waals surface area contributed by atoms with Crippen molar-refractivity contribution in [3.05, 3.63) is 0 Å². The molecule has 0 aromatic rings. The van der Waals surface area contributed by atoms with Gasteiger partial charge in [-0.2, -0.15) is 5.26 Å². The van der Waals surface area contributed by atoms with Crippen LogP contribution in [-0.4, -0.2) is 11.9 Å². The first-order valence-electron chi connectivity index (χ1n) is 6.80. The lowest BCUT2D eigenvalue weighted by atomic mass is 9.82. The first-order chi connectivity index (χ1) is 8.10. The summed E-state index contributed by atoms with van der Waals surface area (Å²) in [6.07, 6.45) is 5.86. The van der Waals surface area contributed by atoms with Gasteiger partial charge in [0.2, 0.25) is 5.91 Å². The van der Waals surface area contributed by atoms with Crippen molar-refractivity contribution in [1.29, 1.82) is 5.26 Å². The highest BCUT2D eigenvalue weighted by Gasteiger charge is 2.29. The zero-order valence-corrected chi connectivity index (χ0v) is 11.2. The number of amides is 1. The number of carbonyl (C=O) groups excluding carboxylic acids is 1. The van der Waals surface area contributed by atoms with Crippen molar-refractivity contribution in [3.63, 3.8) is 0 Å². The van der Waals surface area contributed by atoms with Crippen LogP contribution >= 0.6 is 0 Å². The van der Waals surface area contributed by atoms with E-state index < -0.39 is 5.92 Å². The quantitative estimate of drug-likeness (QED) is 0.816. The van der Waals surface area contributed by atoms with Crippen LogP contribution in [-0.2, 0) is 4.79 Å². The lowest BCUT2D eigenvalue weighted by Gasteiger charge is -2.32. The number of nitrogens with zero attached hydrogens (tertiary/aromatic N) is 1. The standard InChI is InChI=1S/C14H24N2O/c1-4-11-7-5-6-8-13(11)16-14(17)12(9-15)10(2)3/h10-13H,4-8H2,1-3H3,(H,16,17). The summed E-state index contributed by atoms with van der Waals surface area (Å²) < 4.78 is 0. The highest BCUT2D eigenvalue weighted by atomic mass is 16.1. The summed E-state index contributed by atoms with van der Waals surface area (Å²) in [6.45, 7) is 6.02. The van der Waals surface area contributed by atoms with Gasteiger partial charge in [0.25, 0.3) is 0 Å². The molecule has 1 aliphatic carbocycles. The van der Waals surface area contributed by atoms with Crippen molar-refractivity contribution in [3.8, 4) is 6.07 Å². The maximum absolute atomic E-state index is 12.0. The van der Waals surface area contributed by atoms with Crippen LogP contribution in [0.4, 0.5) is 0 Å². The molecule has 0 radical (unpaired) electrons. The molecule has 3 atom stereocenters. The average Bonchev–Trinajstić information content (AvgIpc) is 2.30. The number of rotatable bonds is 4. The molecule has 1 fully saturated rings. The number of nitrogens with one attached hydrogen (secondary N) is 1. The summed E-state index contributed by atoms with van der Waals surface area (Å²) in [7, 11) is 0. The minimum atomic E-state index is -0.505. The molecule has 0 aliphatic heterocycles. The van der Waals surface area contributed by atoms with E-state index in [1.165, 1.54) is 19.3 Å². The molecule has 1 rings (SSSR count). The van der Waals surface area contributed by atoms with E-state index in [1.807, 2.05) is 13.8 Å². The van der Waals surface area contributed by atoms with Gasteiger partial charge in [-0.25, -0.2) is 0 Å². The molecule has 0 aromatic heterocycles. The van der Waals surface area contributed by atoms with E-state index in [1.54, 1.807) is 0 Å². The van der Waals surface area contributed by atoms with Crippen LogP contribution in [0.2, 0.25) is 0 Å². The highest BCUT2D eigenvalue weighted by Crippen LogP contribution is 2.27. The van der Waals surface area contributed by atoms with Gasteiger partial charge in [0.1, 0.15) is 5.92 Å². The number of carbonyl (C=O) groups is 1. The van der Waals surface area contributed by atoms with Gasteiger partial charge in [0.05, 0.1) is 6.07 Å². The second-order valence-corrected chi connectivity index (χ2v) is 5.42. The summed E-state index contributed by atoms with van der Waals surface area (Å²) in [5.41, 5.74) is 0. The van der Waals surface area contributed by atoms with Gasteiger partial charge in [-0.3, -0.25) is 4.79 Å². The van der Waals surface area contributed by atoms with Crippen molar-refractivity contribution < 1.29 is 4.79 Å². The molecule has 0 heterocycles. The van der Waals surface area contributed by atoms with Crippen LogP contribution in [0.5, 0.6) is 0 Å². The van der Waals surface area contributed by atoms with Gasteiger partial charge in [0, 0.05) is 6.04 Å². The van der Waals surface area contributed by atoms with Gasteiger partial charge in [-0.1, -0.05) is 40.0 Å². The predicted octanol–water partition coefficient (Wildman–Crippen LogP) is 2.87. The lowest BCUT2D eigenvalue weighted by Crippen LogP contribution is -2.45. The van der Waals surface area contributed by atoms with E-state index in [9.17, 15) is 4.79 Å². The van der Waals surface area contributed by atoms with E-state index in [4.69, 9.17) is 5.26 Å². The molecular formula is C14H24N2O. The Hall–Kier alpha value is -1.04. The smallest absolute Gasteiger partial charge is 0.237 e. The van der Waals surface area contributed by atoms with Gasteiger partial charge in [0.15, 0.2) is 0 Å². The van der Waals surface area contributed by atoms with Crippen molar-refractivity contribution in [2.75, 3.05) is 0 Å². The van der Waals surface area contributed by atoms with E-state index in [-0.39, 0.29) is 17.9 Å². The van der Waals surface area contributed by atoms with Gasteiger partial charge in [-0.05, 0) is 24.7 Å². The van der Waals surface area contributed by atoms with E-state index in [0.717, 1.165) is 12.8 Å². The Morgan fingerprint density at radius 2 is 2.06 bits per heavy atom. The third kappa shape index (κ3) is 3.73. The highest BCUT2D eigenvalue weighted by molar-refractivity contribution is 5.81. The molecule has 3 nitrogen and oxygen atoms in total. The molecule has 96 valence electrons.